The Labute approximate surface area is 176 Å². The first kappa shape index (κ1) is 19.4. The van der Waals surface area contributed by atoms with Crippen molar-refractivity contribution < 1.29 is 19.4 Å². The number of benzene rings is 2. The van der Waals surface area contributed by atoms with Crippen LogP contribution in [0.2, 0.25) is 0 Å². The van der Waals surface area contributed by atoms with E-state index in [9.17, 15) is 14.7 Å². The lowest BCUT2D eigenvalue weighted by Gasteiger charge is -2.59. The molecule has 1 atom stereocenters. The maximum atomic E-state index is 12.5. The smallest absolute Gasteiger partial charge is 0.342 e. The Morgan fingerprint density at radius 3 is 2.37 bits per heavy atom. The second kappa shape index (κ2) is 7.29. The van der Waals surface area contributed by atoms with Crippen molar-refractivity contribution in [3.63, 3.8) is 0 Å². The van der Waals surface area contributed by atoms with Gasteiger partial charge in [-0.15, -0.1) is 0 Å². The second-order valence-corrected chi connectivity index (χ2v) is 9.83. The molecule has 6 rings (SSSR count). The van der Waals surface area contributed by atoms with Crippen LogP contribution in [0.5, 0.6) is 5.75 Å². The number of carbonyl (C=O) groups excluding carboxylic acids is 2. The number of amides is 1. The molecule has 0 saturated heterocycles. The molecule has 4 saturated carbocycles. The molecule has 4 aliphatic rings. The van der Waals surface area contributed by atoms with Crippen molar-refractivity contribution >= 4 is 22.6 Å². The van der Waals surface area contributed by atoms with Crippen LogP contribution in [0.3, 0.4) is 0 Å². The first-order chi connectivity index (χ1) is 14.4. The number of nitrogens with one attached hydrogen (secondary N) is 1. The molecule has 1 amide bonds. The fourth-order valence-electron chi connectivity index (χ4n) is 6.77. The molecule has 5 heteroatoms. The quantitative estimate of drug-likeness (QED) is 0.720. The Balaban J connectivity index is 1.20. The maximum Gasteiger partial charge on any atom is 0.342 e. The summed E-state index contributed by atoms with van der Waals surface area (Å²) in [5.74, 6) is 1.40. The predicted octanol–water partition coefficient (Wildman–Crippen LogP) is 4.42. The minimum atomic E-state index is -0.684. The van der Waals surface area contributed by atoms with Crippen LogP contribution in [-0.2, 0) is 9.53 Å². The third-order valence-corrected chi connectivity index (χ3v) is 7.84. The summed E-state index contributed by atoms with van der Waals surface area (Å²) in [6.45, 7) is 1.78. The highest BCUT2D eigenvalue weighted by Crippen LogP contribution is 2.61. The summed E-state index contributed by atoms with van der Waals surface area (Å²) in [5.41, 5.74) is 0.293. The van der Waals surface area contributed by atoms with Gasteiger partial charge < -0.3 is 15.2 Å². The molecule has 0 radical (unpaired) electrons. The van der Waals surface area contributed by atoms with E-state index < -0.39 is 5.97 Å². The van der Waals surface area contributed by atoms with Gasteiger partial charge in [0.1, 0.15) is 11.3 Å². The molecule has 2 aromatic rings. The van der Waals surface area contributed by atoms with Crippen LogP contribution in [0.25, 0.3) is 10.8 Å². The SMILES string of the molecule is C[C@H](NC(=O)COC(=O)c1ccc2ccccc2c1O)C12CC3CC(CC(C3)C1)C2. The lowest BCUT2D eigenvalue weighted by Crippen LogP contribution is -2.56. The van der Waals surface area contributed by atoms with E-state index in [1.807, 2.05) is 12.1 Å². The van der Waals surface area contributed by atoms with Crippen molar-refractivity contribution in [3.05, 3.63) is 42.0 Å². The van der Waals surface area contributed by atoms with Crippen LogP contribution in [-0.4, -0.2) is 29.6 Å². The number of phenolic OH excluding ortho intramolecular Hbond substituents is 1. The third kappa shape index (κ3) is 3.34. The molecule has 0 aliphatic heterocycles. The molecule has 0 aromatic heterocycles. The largest absolute Gasteiger partial charge is 0.506 e. The number of carbonyl (C=O) groups is 2. The fraction of sp³-hybridized carbons (Fsp3) is 0.520. The molecule has 2 aromatic carbocycles. The van der Waals surface area contributed by atoms with E-state index in [0.717, 1.165) is 23.1 Å². The Morgan fingerprint density at radius 2 is 1.70 bits per heavy atom. The number of ether oxygens (including phenoxy) is 1. The van der Waals surface area contributed by atoms with E-state index >= 15 is 0 Å². The van der Waals surface area contributed by atoms with Crippen molar-refractivity contribution in [1.82, 2.24) is 5.32 Å². The average molecular weight is 408 g/mol. The second-order valence-electron chi connectivity index (χ2n) is 9.83. The van der Waals surface area contributed by atoms with Crippen molar-refractivity contribution in [2.75, 3.05) is 6.61 Å². The number of esters is 1. The topological polar surface area (TPSA) is 75.6 Å². The van der Waals surface area contributed by atoms with Crippen molar-refractivity contribution in [3.8, 4) is 5.75 Å². The Bertz CT molecular complexity index is 963. The minimum absolute atomic E-state index is 0.0793. The highest BCUT2D eigenvalue weighted by atomic mass is 16.5. The van der Waals surface area contributed by atoms with Gasteiger partial charge in [-0.1, -0.05) is 30.3 Å². The van der Waals surface area contributed by atoms with E-state index in [0.29, 0.717) is 5.39 Å². The summed E-state index contributed by atoms with van der Waals surface area (Å²) in [4.78, 5) is 25.0. The van der Waals surface area contributed by atoms with Crippen molar-refractivity contribution in [2.24, 2.45) is 23.2 Å². The van der Waals surface area contributed by atoms with Gasteiger partial charge in [-0.05, 0) is 80.1 Å². The van der Waals surface area contributed by atoms with Crippen LogP contribution in [0.1, 0.15) is 55.8 Å². The Morgan fingerprint density at radius 1 is 1.07 bits per heavy atom. The van der Waals surface area contributed by atoms with Crippen LogP contribution in [0.15, 0.2) is 36.4 Å². The zero-order chi connectivity index (χ0) is 20.9. The highest BCUT2D eigenvalue weighted by Gasteiger charge is 2.53. The summed E-state index contributed by atoms with van der Waals surface area (Å²) in [7, 11) is 0. The van der Waals surface area contributed by atoms with Gasteiger partial charge in [0.15, 0.2) is 6.61 Å². The van der Waals surface area contributed by atoms with Gasteiger partial charge in [0.2, 0.25) is 0 Å². The molecular formula is C25H29NO4. The van der Waals surface area contributed by atoms with Gasteiger partial charge >= 0.3 is 5.97 Å². The molecule has 0 spiro atoms. The monoisotopic (exact) mass is 407 g/mol. The van der Waals surface area contributed by atoms with Gasteiger partial charge in [0.05, 0.1) is 0 Å². The van der Waals surface area contributed by atoms with Gasteiger partial charge in [-0.3, -0.25) is 4.79 Å². The van der Waals surface area contributed by atoms with E-state index in [1.54, 1.807) is 18.2 Å². The molecule has 158 valence electrons. The number of hydrogen-bond donors (Lipinski definition) is 2. The first-order valence-electron chi connectivity index (χ1n) is 11.1. The lowest BCUT2D eigenvalue weighted by molar-refractivity contribution is -0.128. The number of rotatable bonds is 5. The molecule has 0 heterocycles. The molecule has 30 heavy (non-hydrogen) atoms. The zero-order valence-electron chi connectivity index (χ0n) is 17.4. The number of aromatic hydroxyl groups is 1. The average Bonchev–Trinajstić information content (AvgIpc) is 2.71. The van der Waals surface area contributed by atoms with E-state index in [2.05, 4.69) is 12.2 Å². The Kier molecular flexibility index (Phi) is 4.72. The van der Waals surface area contributed by atoms with Crippen LogP contribution >= 0.6 is 0 Å². The van der Waals surface area contributed by atoms with Crippen molar-refractivity contribution in [2.45, 2.75) is 51.5 Å². The minimum Gasteiger partial charge on any atom is -0.506 e. The third-order valence-electron chi connectivity index (χ3n) is 7.84. The zero-order valence-corrected chi connectivity index (χ0v) is 17.4. The fourth-order valence-corrected chi connectivity index (χ4v) is 6.77. The summed E-state index contributed by atoms with van der Waals surface area (Å²) in [5, 5.41) is 15.0. The van der Waals surface area contributed by atoms with Crippen LogP contribution in [0, 0.1) is 23.2 Å². The van der Waals surface area contributed by atoms with E-state index in [4.69, 9.17) is 4.74 Å². The molecule has 4 bridgehead atoms. The van der Waals surface area contributed by atoms with Gasteiger partial charge in [-0.2, -0.15) is 0 Å². The molecule has 4 aliphatic carbocycles. The molecule has 2 N–H and O–H groups in total. The summed E-state index contributed by atoms with van der Waals surface area (Å²) in [6, 6.07) is 10.7. The maximum absolute atomic E-state index is 12.5. The number of fused-ring (bicyclic) bond motifs is 1. The molecule has 5 nitrogen and oxygen atoms in total. The molecular weight excluding hydrogens is 378 g/mol. The molecule has 4 fully saturated rings. The van der Waals surface area contributed by atoms with E-state index in [-0.39, 0.29) is 35.3 Å². The van der Waals surface area contributed by atoms with E-state index in [1.165, 1.54) is 44.6 Å². The molecule has 0 unspecified atom stereocenters. The Hall–Kier alpha value is -2.56. The summed E-state index contributed by atoms with van der Waals surface area (Å²) in [6.07, 6.45) is 7.74. The first-order valence-corrected chi connectivity index (χ1v) is 11.1. The lowest BCUT2D eigenvalue weighted by atomic mass is 9.48. The standard InChI is InChI=1S/C25H29NO4/c1-15(25-11-16-8-17(12-25)10-18(9-16)13-25)26-22(27)14-30-24(29)21-7-6-19-4-2-3-5-20(19)23(21)28/h2-7,15-18,28H,8-14H2,1H3,(H,26,27)/t15-,16?,17?,18?,25?/m0/s1. The van der Waals surface area contributed by atoms with Crippen LogP contribution in [0.4, 0.5) is 0 Å². The number of hydrogen-bond acceptors (Lipinski definition) is 4. The summed E-state index contributed by atoms with van der Waals surface area (Å²) >= 11 is 0. The van der Waals surface area contributed by atoms with Gasteiger partial charge in [0.25, 0.3) is 5.91 Å². The summed E-state index contributed by atoms with van der Waals surface area (Å²) < 4.78 is 5.23. The highest BCUT2D eigenvalue weighted by molar-refractivity contribution is 6.01. The normalized spacial score (nSPS) is 30.2. The predicted molar refractivity (Wildman–Crippen MR) is 114 cm³/mol. The van der Waals surface area contributed by atoms with Crippen molar-refractivity contribution in [1.29, 1.82) is 0 Å². The van der Waals surface area contributed by atoms with Gasteiger partial charge in [0, 0.05) is 11.4 Å². The number of phenols is 1. The van der Waals surface area contributed by atoms with Gasteiger partial charge in [-0.25, -0.2) is 4.79 Å². The van der Waals surface area contributed by atoms with Crippen LogP contribution < -0.4 is 5.32 Å².